The molecule has 7 aliphatic heterocycles. The molecule has 0 aromatic heterocycles. The molecule has 7 rings (SSSR count). The average molecular weight is 1370 g/mol. The highest BCUT2D eigenvalue weighted by Gasteiger charge is 2.60. The van der Waals surface area contributed by atoms with Gasteiger partial charge in [-0.1, -0.05) is 0 Å². The van der Waals surface area contributed by atoms with E-state index in [9.17, 15) is 127 Å². The Balaban J connectivity index is 1.23. The van der Waals surface area contributed by atoms with E-state index in [4.69, 9.17) is 66.3 Å². The van der Waals surface area contributed by atoms with Gasteiger partial charge in [0.1, 0.15) is 183 Å². The highest BCUT2D eigenvalue weighted by Crippen LogP contribution is 2.39. The summed E-state index contributed by atoms with van der Waals surface area (Å²) in [6.07, 6.45) is -74.5. The number of carbonyl (C=O) groups is 2. The van der Waals surface area contributed by atoms with Crippen molar-refractivity contribution in [3.8, 4) is 0 Å². The van der Waals surface area contributed by atoms with E-state index in [1.165, 1.54) is 13.8 Å². The van der Waals surface area contributed by atoms with E-state index in [-0.39, 0.29) is 0 Å². The van der Waals surface area contributed by atoms with Crippen molar-refractivity contribution < 1.29 is 193 Å². The van der Waals surface area contributed by atoms with Crippen LogP contribution >= 0.6 is 0 Å². The van der Waals surface area contributed by atoms with Crippen molar-refractivity contribution in [3.05, 3.63) is 0 Å². The van der Waals surface area contributed by atoms with Gasteiger partial charge in [0.25, 0.3) is 0 Å². The average Bonchev–Trinajstić information content (AvgIpc) is 0.773. The maximum Gasteiger partial charge on any atom is 0.217 e. The number of rotatable bonds is 26. The van der Waals surface area contributed by atoms with Crippen molar-refractivity contribution in [1.82, 2.24) is 10.6 Å². The van der Waals surface area contributed by atoms with Crippen LogP contribution in [0.2, 0.25) is 0 Å². The second kappa shape index (κ2) is 34.0. The van der Waals surface area contributed by atoms with Gasteiger partial charge in [-0.05, 0) is 13.8 Å². The van der Waals surface area contributed by atoms with Crippen LogP contribution in [0.3, 0.4) is 0 Å². The molecule has 0 aromatic rings. The Hall–Kier alpha value is -2.54. The fourth-order valence-electron chi connectivity index (χ4n) is 11.7. The van der Waals surface area contributed by atoms with Crippen LogP contribution in [0, 0.1) is 0 Å². The third-order valence-electron chi connectivity index (χ3n) is 17.0. The topological polar surface area (TPSA) is 653 Å². The quantitative estimate of drug-likeness (QED) is 0.0382. The van der Waals surface area contributed by atoms with Gasteiger partial charge in [-0.25, -0.2) is 0 Å². The van der Waals surface area contributed by atoms with E-state index in [1.807, 2.05) is 0 Å². The van der Waals surface area contributed by atoms with Crippen molar-refractivity contribution in [3.63, 3.8) is 0 Å². The van der Waals surface area contributed by atoms with Gasteiger partial charge in [-0.3, -0.25) is 9.59 Å². The summed E-state index contributed by atoms with van der Waals surface area (Å²) in [7, 11) is 0. The molecule has 2 amide bonds. The number of aliphatic hydroxyl groups excluding tert-OH is 23. The number of amides is 2. The summed E-state index contributed by atoms with van der Waals surface area (Å²) < 4.78 is 82.8. The minimum atomic E-state index is -2.42. The standard InChI is InChI=1S/C52H90N2O39/c1-12-25(66)32(73)35(76)48(80-12)90-42-24(54-15(4)63)47(92-43-30(71)20(9-59)83-50(37(43)78)87-39(17(65)6-56)27(68)16(64)5-55)86-22(11-61)40(42)88-51-38(79)44(31(72)21(10-60)84-51)91-46-23(53-14(3)62)41(29(70)19(8-58)82-46)89-52-45(34(75)28(69)18(7-57)85-52)93-49-36(77)33(74)26(67)13(2)81-49/h12-13,16-52,55-61,64-79H,5-11H2,1-4H3,(H,53,62)(H,54,63)/t12-,13-,16-,17+,18+,19+,20+,21+,22+,23+,24+,25+,26+,27+,28-,29+,30-,31-,32+,33+,34-,35-,36-,37+,38+,39+,40+,41+,42+,43-,44-,45+,46-,47-,48-,49-,50-,51-,52-/m0/s1. The number of ether oxygens (including phenoxy) is 14. The van der Waals surface area contributed by atoms with E-state index in [1.54, 1.807) is 0 Å². The van der Waals surface area contributed by atoms with Crippen molar-refractivity contribution in [1.29, 1.82) is 0 Å². The summed E-state index contributed by atoms with van der Waals surface area (Å²) in [4.78, 5) is 26.4. The molecule has 0 spiro atoms. The maximum absolute atomic E-state index is 13.3. The second-order valence-corrected chi connectivity index (χ2v) is 23.6. The van der Waals surface area contributed by atoms with Gasteiger partial charge in [-0.2, -0.15) is 0 Å². The van der Waals surface area contributed by atoms with Crippen LogP contribution < -0.4 is 10.6 Å². The van der Waals surface area contributed by atoms with E-state index >= 15 is 0 Å². The molecule has 93 heavy (non-hydrogen) atoms. The number of aliphatic hydroxyl groups is 23. The lowest BCUT2D eigenvalue weighted by Gasteiger charge is -2.52. The SMILES string of the molecule is CC(=O)N[C@H]1[C@H](O[C@H]2[C@@H](O)[C@@H](CO)O[C@@H](O[C@@H]([C@H](O)[C@@H](O)CO)[C@H](O)CO)[C@@H]2O)O[C@H](CO)[C@@H](O[C@@H]2O[C@H](CO)[C@H](O)[C@H](O[C@@H]3O[C@H](CO)[C@@H](O)[C@H](O[C@@H]4O[C@H](CO)[C@H](O)[C@H](O)[C@H]4O[C@@H]4O[C@@H](C)[C@@H](O)[C@@H](O)[C@@H]4O)[C@H]3NC(C)=O)[C@H]2O)[C@@H]1O[C@@H]1O[C@@H](C)[C@@H](O)[C@@H](O)[C@@H]1O. The lowest BCUT2D eigenvalue weighted by molar-refractivity contribution is -0.397. The predicted molar refractivity (Wildman–Crippen MR) is 287 cm³/mol. The maximum atomic E-state index is 13.3. The van der Waals surface area contributed by atoms with Crippen LogP contribution in [0.5, 0.6) is 0 Å². The summed E-state index contributed by atoms with van der Waals surface area (Å²) in [6, 6.07) is -3.90. The molecule has 41 heteroatoms. The minimum absolute atomic E-state index is 0.935. The Bertz CT molecular complexity index is 2300. The zero-order valence-corrected chi connectivity index (χ0v) is 50.3. The van der Waals surface area contributed by atoms with E-state index in [0.29, 0.717) is 0 Å². The first-order chi connectivity index (χ1) is 43.9. The first-order valence-electron chi connectivity index (χ1n) is 29.8. The molecule has 0 aromatic carbocycles. The Morgan fingerprint density at radius 1 is 0.344 bits per heavy atom. The smallest absolute Gasteiger partial charge is 0.217 e. The molecule has 0 radical (unpaired) electrons. The number of nitrogens with one attached hydrogen (secondary N) is 2. The molecule has 41 nitrogen and oxygen atoms in total. The molecule has 25 N–H and O–H groups in total. The Kier molecular flexibility index (Phi) is 28.5. The molecular weight excluding hydrogens is 1280 g/mol. The van der Waals surface area contributed by atoms with Crippen molar-refractivity contribution in [2.24, 2.45) is 0 Å². The highest BCUT2D eigenvalue weighted by molar-refractivity contribution is 5.73. The van der Waals surface area contributed by atoms with Gasteiger partial charge in [0.2, 0.25) is 11.8 Å². The second-order valence-electron chi connectivity index (χ2n) is 23.6. The molecule has 0 bridgehead atoms. The molecular formula is C52H90N2O39. The molecule has 7 fully saturated rings. The fraction of sp³-hybridized carbons (Fsp3) is 0.962. The first kappa shape index (κ1) is 77.8. The van der Waals surface area contributed by atoms with Crippen LogP contribution in [0.4, 0.5) is 0 Å². The first-order valence-corrected chi connectivity index (χ1v) is 29.8. The van der Waals surface area contributed by atoms with Gasteiger partial charge in [0.15, 0.2) is 44.0 Å². The third kappa shape index (κ3) is 17.2. The molecule has 7 aliphatic rings. The molecule has 0 aliphatic carbocycles. The summed E-state index contributed by atoms with van der Waals surface area (Å²) in [5, 5.41) is 254. The van der Waals surface area contributed by atoms with Crippen LogP contribution in [-0.4, -0.2) is 415 Å². The van der Waals surface area contributed by atoms with Crippen LogP contribution in [0.15, 0.2) is 0 Å². The monoisotopic (exact) mass is 1370 g/mol. The van der Waals surface area contributed by atoms with Crippen LogP contribution in [-0.2, 0) is 75.9 Å². The largest absolute Gasteiger partial charge is 0.394 e. The third-order valence-corrected chi connectivity index (χ3v) is 17.0. The molecule has 7 saturated heterocycles. The predicted octanol–water partition coefficient (Wildman–Crippen LogP) is -16.5. The fourth-order valence-corrected chi connectivity index (χ4v) is 11.7. The Labute approximate surface area is 528 Å². The lowest BCUT2D eigenvalue weighted by Crippen LogP contribution is -2.72. The Morgan fingerprint density at radius 2 is 0.688 bits per heavy atom. The molecule has 39 atom stereocenters. The normalized spacial score (nSPS) is 48.1. The van der Waals surface area contributed by atoms with Crippen molar-refractivity contribution >= 4 is 11.8 Å². The van der Waals surface area contributed by atoms with Crippen molar-refractivity contribution in [2.75, 3.05) is 46.2 Å². The van der Waals surface area contributed by atoms with Crippen molar-refractivity contribution in [2.45, 2.75) is 267 Å². The van der Waals surface area contributed by atoms with Crippen LogP contribution in [0.25, 0.3) is 0 Å². The number of hydrogen-bond acceptors (Lipinski definition) is 39. The highest BCUT2D eigenvalue weighted by atomic mass is 16.8. The van der Waals surface area contributed by atoms with Gasteiger partial charge in [0, 0.05) is 13.8 Å². The summed E-state index contributed by atoms with van der Waals surface area (Å²) >= 11 is 0. The molecule has 7 heterocycles. The van der Waals surface area contributed by atoms with Gasteiger partial charge < -0.3 is 194 Å². The van der Waals surface area contributed by atoms with E-state index < -0.39 is 297 Å². The number of hydrogen-bond donors (Lipinski definition) is 25. The van der Waals surface area contributed by atoms with Gasteiger partial charge >= 0.3 is 0 Å². The zero-order valence-electron chi connectivity index (χ0n) is 50.3. The van der Waals surface area contributed by atoms with Crippen LogP contribution in [0.1, 0.15) is 27.7 Å². The van der Waals surface area contributed by atoms with E-state index in [0.717, 1.165) is 13.8 Å². The number of carbonyl (C=O) groups excluding carboxylic acids is 2. The van der Waals surface area contributed by atoms with E-state index in [2.05, 4.69) is 10.6 Å². The zero-order chi connectivity index (χ0) is 68.9. The van der Waals surface area contributed by atoms with Gasteiger partial charge in [-0.15, -0.1) is 0 Å². The summed E-state index contributed by atoms with van der Waals surface area (Å²) in [5.41, 5.74) is 0. The van der Waals surface area contributed by atoms with Gasteiger partial charge in [0.05, 0.1) is 58.5 Å². The molecule has 542 valence electrons. The lowest BCUT2D eigenvalue weighted by atomic mass is 9.93. The molecule has 0 unspecified atom stereocenters. The summed E-state index contributed by atoms with van der Waals surface area (Å²) in [6.45, 7) is -3.44. The Morgan fingerprint density at radius 3 is 1.14 bits per heavy atom. The molecule has 0 saturated carbocycles. The summed E-state index contributed by atoms with van der Waals surface area (Å²) in [5.74, 6) is -1.92. The minimum Gasteiger partial charge on any atom is -0.394 e.